The maximum absolute atomic E-state index is 12.1. The van der Waals surface area contributed by atoms with Gasteiger partial charge in [-0.2, -0.15) is 0 Å². The molecule has 1 saturated heterocycles. The number of anilines is 2. The van der Waals surface area contributed by atoms with Gasteiger partial charge in [-0.1, -0.05) is 0 Å². The molecule has 3 N–H and O–H groups in total. The third-order valence-electron chi connectivity index (χ3n) is 3.52. The number of nitrogens with two attached hydrogens (primary N) is 1. The maximum atomic E-state index is 12.1. The lowest BCUT2D eigenvalue weighted by molar-refractivity contribution is -0.146. The number of thiazole rings is 1. The number of likely N-dealkylation sites (tertiary alicyclic amines) is 1. The molecule has 1 aliphatic rings. The Morgan fingerprint density at radius 2 is 2.25 bits per heavy atom. The Labute approximate surface area is 119 Å². The molecule has 20 heavy (non-hydrogen) atoms. The largest absolute Gasteiger partial charge is 0.395 e. The number of imide groups is 1. The molecule has 1 aromatic carbocycles. The molecule has 0 aliphatic carbocycles. The van der Waals surface area contributed by atoms with Crippen LogP contribution >= 0.6 is 11.3 Å². The van der Waals surface area contributed by atoms with Gasteiger partial charge in [-0.3, -0.25) is 14.5 Å². The zero-order valence-electron chi connectivity index (χ0n) is 10.9. The number of carbonyl (C=O) groups is 2. The number of fused-ring (bicyclic) bond motifs is 1. The Morgan fingerprint density at radius 1 is 1.45 bits per heavy atom. The Bertz CT molecular complexity index is 697. The van der Waals surface area contributed by atoms with Gasteiger partial charge in [0.25, 0.3) is 5.91 Å². The second-order valence-electron chi connectivity index (χ2n) is 4.75. The number of aromatic nitrogens is 1. The molecule has 1 fully saturated rings. The predicted molar refractivity (Wildman–Crippen MR) is 78.5 cm³/mol. The van der Waals surface area contributed by atoms with Gasteiger partial charge in [-0.25, -0.2) is 4.98 Å². The number of benzene rings is 1. The molecule has 104 valence electrons. The van der Waals surface area contributed by atoms with E-state index in [-0.39, 0.29) is 11.8 Å². The fraction of sp³-hybridized carbons (Fsp3) is 0.308. The SMILES string of the molecule is CN1C(=O)CCC(Nc2ccc3scnc3c2N)C1=O. The van der Waals surface area contributed by atoms with Gasteiger partial charge in [-0.15, -0.1) is 11.3 Å². The number of hydrogen-bond acceptors (Lipinski definition) is 6. The molecule has 1 atom stereocenters. The number of amides is 2. The monoisotopic (exact) mass is 290 g/mol. The number of piperidine rings is 1. The van der Waals surface area contributed by atoms with Crippen LogP contribution in [-0.2, 0) is 9.59 Å². The zero-order chi connectivity index (χ0) is 14.3. The average Bonchev–Trinajstić information content (AvgIpc) is 2.91. The van der Waals surface area contributed by atoms with Crippen LogP contribution in [0.25, 0.3) is 10.2 Å². The second-order valence-corrected chi connectivity index (χ2v) is 5.64. The van der Waals surface area contributed by atoms with Gasteiger partial charge >= 0.3 is 0 Å². The summed E-state index contributed by atoms with van der Waals surface area (Å²) in [6.45, 7) is 0. The molecule has 3 rings (SSSR count). The van der Waals surface area contributed by atoms with E-state index in [4.69, 9.17) is 5.73 Å². The number of carbonyl (C=O) groups excluding carboxylic acids is 2. The van der Waals surface area contributed by atoms with Crippen molar-refractivity contribution in [3.63, 3.8) is 0 Å². The Morgan fingerprint density at radius 3 is 3.05 bits per heavy atom. The van der Waals surface area contributed by atoms with E-state index in [9.17, 15) is 9.59 Å². The van der Waals surface area contributed by atoms with E-state index in [0.29, 0.717) is 24.2 Å². The molecule has 0 radical (unpaired) electrons. The summed E-state index contributed by atoms with van der Waals surface area (Å²) in [5.74, 6) is -0.366. The molecular formula is C13H14N4O2S. The Hall–Kier alpha value is -2.15. The van der Waals surface area contributed by atoms with Crippen LogP contribution in [0.4, 0.5) is 11.4 Å². The van der Waals surface area contributed by atoms with Crippen molar-refractivity contribution >= 4 is 44.7 Å². The van der Waals surface area contributed by atoms with Crippen molar-refractivity contribution in [3.8, 4) is 0 Å². The number of likely N-dealkylation sites (N-methyl/N-ethyl adjacent to an activating group) is 1. The minimum absolute atomic E-state index is 0.143. The molecule has 0 saturated carbocycles. The summed E-state index contributed by atoms with van der Waals surface area (Å²) in [4.78, 5) is 28.9. The van der Waals surface area contributed by atoms with Crippen LogP contribution in [0.1, 0.15) is 12.8 Å². The summed E-state index contributed by atoms with van der Waals surface area (Å²) in [6, 6.07) is 3.35. The number of hydrogen-bond donors (Lipinski definition) is 2. The third kappa shape index (κ3) is 2.00. The van der Waals surface area contributed by atoms with E-state index >= 15 is 0 Å². The van der Waals surface area contributed by atoms with Gasteiger partial charge < -0.3 is 11.1 Å². The van der Waals surface area contributed by atoms with Crippen molar-refractivity contribution in [1.29, 1.82) is 0 Å². The minimum atomic E-state index is -0.420. The van der Waals surface area contributed by atoms with Gasteiger partial charge in [0, 0.05) is 13.5 Å². The molecule has 7 heteroatoms. The van der Waals surface area contributed by atoms with Crippen molar-refractivity contribution in [2.45, 2.75) is 18.9 Å². The summed E-state index contributed by atoms with van der Waals surface area (Å²) < 4.78 is 1.01. The fourth-order valence-corrected chi connectivity index (χ4v) is 3.01. The van der Waals surface area contributed by atoms with Gasteiger partial charge in [0.15, 0.2) is 0 Å². The molecule has 1 aliphatic heterocycles. The van der Waals surface area contributed by atoms with Crippen molar-refractivity contribution in [3.05, 3.63) is 17.6 Å². The molecule has 0 bridgehead atoms. The van der Waals surface area contributed by atoms with Crippen LogP contribution in [0.15, 0.2) is 17.6 Å². The highest BCUT2D eigenvalue weighted by atomic mass is 32.1. The second kappa shape index (κ2) is 4.75. The minimum Gasteiger partial charge on any atom is -0.395 e. The smallest absolute Gasteiger partial charge is 0.251 e. The number of nitrogens with one attached hydrogen (secondary N) is 1. The molecule has 2 aromatic rings. The van der Waals surface area contributed by atoms with Gasteiger partial charge in [0.05, 0.1) is 21.6 Å². The molecule has 2 heterocycles. The van der Waals surface area contributed by atoms with Crippen molar-refractivity contribution in [2.75, 3.05) is 18.1 Å². The lowest BCUT2D eigenvalue weighted by Crippen LogP contribution is -2.48. The van der Waals surface area contributed by atoms with Crippen molar-refractivity contribution in [2.24, 2.45) is 0 Å². The van der Waals surface area contributed by atoms with Crippen LogP contribution in [0, 0.1) is 0 Å². The van der Waals surface area contributed by atoms with E-state index < -0.39 is 6.04 Å². The molecular weight excluding hydrogens is 276 g/mol. The number of rotatable bonds is 2. The van der Waals surface area contributed by atoms with Gasteiger partial charge in [0.2, 0.25) is 5.91 Å². The maximum Gasteiger partial charge on any atom is 0.251 e. The summed E-state index contributed by atoms with van der Waals surface area (Å²) >= 11 is 1.52. The van der Waals surface area contributed by atoms with E-state index in [0.717, 1.165) is 10.2 Å². The van der Waals surface area contributed by atoms with Gasteiger partial charge in [0.1, 0.15) is 11.6 Å². The van der Waals surface area contributed by atoms with Gasteiger partial charge in [-0.05, 0) is 18.6 Å². The van der Waals surface area contributed by atoms with E-state index in [1.807, 2.05) is 12.1 Å². The topological polar surface area (TPSA) is 88.3 Å². The number of nitrogen functional groups attached to an aromatic ring is 1. The first kappa shape index (κ1) is 12.9. The standard InChI is InChI=1S/C13H14N4O2S/c1-17-10(18)5-3-8(13(17)19)16-7-2-4-9-12(11(7)14)15-6-20-9/h2,4,6,8,16H,3,5,14H2,1H3. The highest BCUT2D eigenvalue weighted by Crippen LogP contribution is 2.31. The molecule has 1 unspecified atom stereocenters. The molecule has 0 spiro atoms. The van der Waals surface area contributed by atoms with Crippen LogP contribution in [-0.4, -0.2) is 34.8 Å². The van der Waals surface area contributed by atoms with Crippen molar-refractivity contribution in [1.82, 2.24) is 9.88 Å². The fourth-order valence-electron chi connectivity index (χ4n) is 2.32. The molecule has 6 nitrogen and oxygen atoms in total. The first-order chi connectivity index (χ1) is 9.58. The average molecular weight is 290 g/mol. The van der Waals surface area contributed by atoms with Crippen molar-refractivity contribution < 1.29 is 9.59 Å². The van der Waals surface area contributed by atoms with Crippen LogP contribution in [0.2, 0.25) is 0 Å². The summed E-state index contributed by atoms with van der Waals surface area (Å²) in [6.07, 6.45) is 0.843. The lowest BCUT2D eigenvalue weighted by atomic mass is 10.0. The highest BCUT2D eigenvalue weighted by Gasteiger charge is 2.31. The Kier molecular flexibility index (Phi) is 3.06. The molecule has 2 amide bonds. The van der Waals surface area contributed by atoms with Crippen LogP contribution in [0.5, 0.6) is 0 Å². The van der Waals surface area contributed by atoms with E-state index in [2.05, 4.69) is 10.3 Å². The van der Waals surface area contributed by atoms with Crippen LogP contribution < -0.4 is 11.1 Å². The number of nitrogens with zero attached hydrogens (tertiary/aromatic N) is 2. The third-order valence-corrected chi connectivity index (χ3v) is 4.32. The lowest BCUT2D eigenvalue weighted by Gasteiger charge is -2.29. The molecule has 1 aromatic heterocycles. The first-order valence-corrected chi connectivity index (χ1v) is 7.14. The first-order valence-electron chi connectivity index (χ1n) is 6.26. The zero-order valence-corrected chi connectivity index (χ0v) is 11.7. The normalized spacial score (nSPS) is 19.6. The van der Waals surface area contributed by atoms with E-state index in [1.165, 1.54) is 23.3 Å². The van der Waals surface area contributed by atoms with E-state index in [1.54, 1.807) is 5.51 Å². The summed E-state index contributed by atoms with van der Waals surface area (Å²) in [7, 11) is 1.51. The Balaban J connectivity index is 1.88. The quantitative estimate of drug-likeness (QED) is 0.645. The summed E-state index contributed by atoms with van der Waals surface area (Å²) in [5, 5.41) is 3.13. The summed E-state index contributed by atoms with van der Waals surface area (Å²) in [5.41, 5.74) is 9.78. The highest BCUT2D eigenvalue weighted by molar-refractivity contribution is 7.16. The predicted octanol–water partition coefficient (Wildman–Crippen LogP) is 1.44. The van der Waals surface area contributed by atoms with Crippen LogP contribution in [0.3, 0.4) is 0 Å².